The fourth-order valence-corrected chi connectivity index (χ4v) is 1.69. The second-order valence-corrected chi connectivity index (χ2v) is 4.51. The van der Waals surface area contributed by atoms with E-state index in [1.54, 1.807) is 0 Å². The second-order valence-electron chi connectivity index (χ2n) is 3.70. The summed E-state index contributed by atoms with van der Waals surface area (Å²) >= 11 is 3.31. The number of nitrogens with two attached hydrogens (primary N) is 1. The van der Waals surface area contributed by atoms with Crippen molar-refractivity contribution in [2.24, 2.45) is 11.7 Å². The summed E-state index contributed by atoms with van der Waals surface area (Å²) in [7, 11) is 0. The van der Waals surface area contributed by atoms with Gasteiger partial charge in [0, 0.05) is 12.2 Å². The quantitative estimate of drug-likeness (QED) is 0.826. The standard InChI is InChI=1S/C10H13BrN2/c11-10-4-3-8(6-13-10)9(12)5-7-1-2-7/h3-4,6-7,9H,1-2,5,12H2/t9-/m0/s1. The van der Waals surface area contributed by atoms with Crippen LogP contribution in [-0.2, 0) is 0 Å². The number of hydrogen-bond acceptors (Lipinski definition) is 2. The summed E-state index contributed by atoms with van der Waals surface area (Å²) in [5.74, 6) is 0.874. The fourth-order valence-electron chi connectivity index (χ4n) is 1.46. The van der Waals surface area contributed by atoms with Crippen LogP contribution >= 0.6 is 15.9 Å². The molecule has 0 amide bonds. The van der Waals surface area contributed by atoms with Gasteiger partial charge in [0.15, 0.2) is 0 Å². The molecule has 1 aliphatic carbocycles. The number of nitrogens with zero attached hydrogens (tertiary/aromatic N) is 1. The van der Waals surface area contributed by atoms with Crippen molar-refractivity contribution in [1.29, 1.82) is 0 Å². The van der Waals surface area contributed by atoms with Crippen LogP contribution in [0.5, 0.6) is 0 Å². The Balaban J connectivity index is 2.01. The highest BCUT2D eigenvalue weighted by Gasteiger charge is 2.24. The lowest BCUT2D eigenvalue weighted by molar-refractivity contribution is 0.595. The first-order chi connectivity index (χ1) is 6.25. The van der Waals surface area contributed by atoms with Gasteiger partial charge in [-0.15, -0.1) is 0 Å². The number of rotatable bonds is 3. The van der Waals surface area contributed by atoms with Gasteiger partial charge in [0.1, 0.15) is 4.60 Å². The third-order valence-electron chi connectivity index (χ3n) is 2.46. The molecule has 0 saturated heterocycles. The molecule has 1 heterocycles. The number of pyridine rings is 1. The first-order valence-corrected chi connectivity index (χ1v) is 5.42. The Hall–Kier alpha value is -0.410. The molecule has 1 atom stereocenters. The number of hydrogen-bond donors (Lipinski definition) is 1. The van der Waals surface area contributed by atoms with E-state index in [1.807, 2.05) is 18.3 Å². The summed E-state index contributed by atoms with van der Waals surface area (Å²) in [4.78, 5) is 4.16. The molecule has 1 aliphatic rings. The summed E-state index contributed by atoms with van der Waals surface area (Å²) in [5.41, 5.74) is 7.18. The highest BCUT2D eigenvalue weighted by atomic mass is 79.9. The van der Waals surface area contributed by atoms with Crippen LogP contribution in [0.25, 0.3) is 0 Å². The van der Waals surface area contributed by atoms with Crippen LogP contribution < -0.4 is 5.73 Å². The van der Waals surface area contributed by atoms with Gasteiger partial charge in [-0.25, -0.2) is 4.98 Å². The van der Waals surface area contributed by atoms with Crippen molar-refractivity contribution in [3.05, 3.63) is 28.5 Å². The molecular formula is C10H13BrN2. The minimum Gasteiger partial charge on any atom is -0.324 e. The monoisotopic (exact) mass is 240 g/mol. The van der Waals surface area contributed by atoms with Crippen LogP contribution in [-0.4, -0.2) is 4.98 Å². The van der Waals surface area contributed by atoms with Crippen molar-refractivity contribution >= 4 is 15.9 Å². The van der Waals surface area contributed by atoms with E-state index in [9.17, 15) is 0 Å². The smallest absolute Gasteiger partial charge is 0.106 e. The van der Waals surface area contributed by atoms with Gasteiger partial charge in [-0.3, -0.25) is 0 Å². The van der Waals surface area contributed by atoms with E-state index in [4.69, 9.17) is 5.73 Å². The van der Waals surface area contributed by atoms with E-state index in [-0.39, 0.29) is 6.04 Å². The van der Waals surface area contributed by atoms with Gasteiger partial charge in [0.25, 0.3) is 0 Å². The molecule has 2 rings (SSSR count). The van der Waals surface area contributed by atoms with Gasteiger partial charge < -0.3 is 5.73 Å². The van der Waals surface area contributed by atoms with Crippen molar-refractivity contribution in [3.8, 4) is 0 Å². The SMILES string of the molecule is N[C@@H](CC1CC1)c1ccc(Br)nc1. The van der Waals surface area contributed by atoms with Gasteiger partial charge in [-0.05, 0) is 39.9 Å². The topological polar surface area (TPSA) is 38.9 Å². The van der Waals surface area contributed by atoms with Crippen molar-refractivity contribution in [3.63, 3.8) is 0 Å². The van der Waals surface area contributed by atoms with E-state index in [0.717, 1.165) is 22.5 Å². The normalized spacial score (nSPS) is 18.6. The van der Waals surface area contributed by atoms with Gasteiger partial charge in [0.2, 0.25) is 0 Å². The van der Waals surface area contributed by atoms with E-state index < -0.39 is 0 Å². The van der Waals surface area contributed by atoms with Crippen LogP contribution in [0.2, 0.25) is 0 Å². The van der Waals surface area contributed by atoms with Crippen LogP contribution in [0.4, 0.5) is 0 Å². The number of halogens is 1. The molecule has 70 valence electrons. The zero-order valence-electron chi connectivity index (χ0n) is 7.41. The molecule has 1 fully saturated rings. The summed E-state index contributed by atoms with van der Waals surface area (Å²) in [6, 6.07) is 4.17. The van der Waals surface area contributed by atoms with Crippen LogP contribution in [0.3, 0.4) is 0 Å². The molecule has 0 unspecified atom stereocenters. The lowest BCUT2D eigenvalue weighted by Gasteiger charge is -2.10. The maximum Gasteiger partial charge on any atom is 0.106 e. The molecule has 0 spiro atoms. The summed E-state index contributed by atoms with van der Waals surface area (Å²) in [6.07, 6.45) is 5.69. The first-order valence-electron chi connectivity index (χ1n) is 4.63. The van der Waals surface area contributed by atoms with Crippen LogP contribution in [0.15, 0.2) is 22.9 Å². The maximum atomic E-state index is 6.03. The van der Waals surface area contributed by atoms with Gasteiger partial charge >= 0.3 is 0 Å². The molecule has 2 N–H and O–H groups in total. The molecule has 1 aromatic heterocycles. The van der Waals surface area contributed by atoms with Crippen molar-refractivity contribution < 1.29 is 0 Å². The molecule has 3 heteroatoms. The summed E-state index contributed by atoms with van der Waals surface area (Å²) < 4.78 is 0.870. The molecule has 0 radical (unpaired) electrons. The molecule has 0 bridgehead atoms. The minimum atomic E-state index is 0.174. The third kappa shape index (κ3) is 2.51. The molecular weight excluding hydrogens is 228 g/mol. The zero-order chi connectivity index (χ0) is 9.26. The average molecular weight is 241 g/mol. The van der Waals surface area contributed by atoms with Crippen molar-refractivity contribution in [2.75, 3.05) is 0 Å². The van der Waals surface area contributed by atoms with Crippen molar-refractivity contribution in [2.45, 2.75) is 25.3 Å². The summed E-state index contributed by atoms with van der Waals surface area (Å²) in [6.45, 7) is 0. The highest BCUT2D eigenvalue weighted by molar-refractivity contribution is 9.10. The largest absolute Gasteiger partial charge is 0.324 e. The Morgan fingerprint density at radius 2 is 2.31 bits per heavy atom. The van der Waals surface area contributed by atoms with E-state index in [0.29, 0.717) is 0 Å². The summed E-state index contributed by atoms with van der Waals surface area (Å²) in [5, 5.41) is 0. The molecule has 13 heavy (non-hydrogen) atoms. The first kappa shape index (κ1) is 9.16. The number of aromatic nitrogens is 1. The second kappa shape index (κ2) is 3.76. The minimum absolute atomic E-state index is 0.174. The average Bonchev–Trinajstić information content (AvgIpc) is 2.89. The van der Waals surface area contributed by atoms with Crippen LogP contribution in [0, 0.1) is 5.92 Å². The van der Waals surface area contributed by atoms with E-state index in [1.165, 1.54) is 12.8 Å². The van der Waals surface area contributed by atoms with Gasteiger partial charge in [0.05, 0.1) is 0 Å². The highest BCUT2D eigenvalue weighted by Crippen LogP contribution is 2.36. The molecule has 1 saturated carbocycles. The van der Waals surface area contributed by atoms with E-state index >= 15 is 0 Å². The zero-order valence-corrected chi connectivity index (χ0v) is 9.00. The maximum absolute atomic E-state index is 6.03. The third-order valence-corrected chi connectivity index (χ3v) is 2.93. The Morgan fingerprint density at radius 3 is 2.85 bits per heavy atom. The Kier molecular flexibility index (Phi) is 2.65. The predicted molar refractivity (Wildman–Crippen MR) is 56.2 cm³/mol. The molecule has 1 aromatic rings. The lowest BCUT2D eigenvalue weighted by Crippen LogP contribution is -2.11. The van der Waals surface area contributed by atoms with Gasteiger partial charge in [-0.1, -0.05) is 18.9 Å². The molecule has 0 aromatic carbocycles. The Morgan fingerprint density at radius 1 is 1.54 bits per heavy atom. The van der Waals surface area contributed by atoms with Crippen molar-refractivity contribution in [1.82, 2.24) is 4.98 Å². The van der Waals surface area contributed by atoms with E-state index in [2.05, 4.69) is 20.9 Å². The molecule has 0 aliphatic heterocycles. The Bertz CT molecular complexity index is 279. The Labute approximate surface area is 86.7 Å². The van der Waals surface area contributed by atoms with Gasteiger partial charge in [-0.2, -0.15) is 0 Å². The fraction of sp³-hybridized carbons (Fsp3) is 0.500. The molecule has 2 nitrogen and oxygen atoms in total. The predicted octanol–water partition coefficient (Wildman–Crippen LogP) is 2.64. The van der Waals surface area contributed by atoms with Crippen LogP contribution in [0.1, 0.15) is 30.9 Å². The lowest BCUT2D eigenvalue weighted by atomic mass is 10.0.